The molecule has 0 heterocycles. The van der Waals surface area contributed by atoms with E-state index >= 15 is 0 Å². The molecule has 4 aromatic carbocycles. The van der Waals surface area contributed by atoms with Crippen LogP contribution in [-0.4, -0.2) is 16.0 Å². The number of benzene rings is 4. The second kappa shape index (κ2) is 9.20. The maximum atomic E-state index is 14.7. The molecule has 0 aromatic heterocycles. The zero-order chi connectivity index (χ0) is 24.4. The van der Waals surface area contributed by atoms with Crippen molar-refractivity contribution in [2.24, 2.45) is 0 Å². The fourth-order valence-electron chi connectivity index (χ4n) is 3.89. The molecule has 4 rings (SSSR count). The summed E-state index contributed by atoms with van der Waals surface area (Å²) in [7, 11) is -5.57. The van der Waals surface area contributed by atoms with Crippen LogP contribution in [0.2, 0.25) is 0 Å². The first-order valence-corrected chi connectivity index (χ1v) is 11.8. The first-order valence-electron chi connectivity index (χ1n) is 10.3. The fraction of sp³-hybridized carbons (Fsp3) is 0.0769. The highest BCUT2D eigenvalue weighted by atomic mass is 31.2. The minimum atomic E-state index is -5.57. The lowest BCUT2D eigenvalue weighted by atomic mass is 9.84. The lowest BCUT2D eigenvalue weighted by Crippen LogP contribution is -2.45. The zero-order valence-corrected chi connectivity index (χ0v) is 18.6. The van der Waals surface area contributed by atoms with Crippen molar-refractivity contribution < 1.29 is 32.0 Å². The molecule has 0 bridgehead atoms. The Bertz CT molecular complexity index is 1200. The molecule has 174 valence electrons. The maximum Gasteiger partial charge on any atom is 0.471 e. The van der Waals surface area contributed by atoms with Gasteiger partial charge < -0.3 is 9.79 Å². The van der Waals surface area contributed by atoms with Gasteiger partial charge in [-0.15, -0.1) is 0 Å². The summed E-state index contributed by atoms with van der Waals surface area (Å²) in [5, 5.41) is 0. The van der Waals surface area contributed by atoms with Crippen LogP contribution in [0, 0.1) is 0 Å². The molecule has 0 amide bonds. The second-order valence-electron chi connectivity index (χ2n) is 7.65. The topological polar surface area (TPSA) is 66.8 Å². The quantitative estimate of drug-likeness (QED) is 0.291. The molecule has 4 aromatic rings. The summed E-state index contributed by atoms with van der Waals surface area (Å²) in [6.07, 6.45) is -5.18. The van der Waals surface area contributed by atoms with E-state index in [-0.39, 0.29) is 0 Å². The van der Waals surface area contributed by atoms with Crippen LogP contribution in [0.1, 0.15) is 11.1 Å². The van der Waals surface area contributed by atoms with E-state index in [4.69, 9.17) is 0 Å². The van der Waals surface area contributed by atoms with Crippen LogP contribution >= 0.6 is 7.82 Å². The molecular formula is C26H20F3O4P. The van der Waals surface area contributed by atoms with Crippen LogP contribution in [0.5, 0.6) is 0 Å². The van der Waals surface area contributed by atoms with Crippen LogP contribution in [0.4, 0.5) is 13.2 Å². The molecule has 0 spiro atoms. The Morgan fingerprint density at radius 3 is 1.18 bits per heavy atom. The Morgan fingerprint density at radius 1 is 0.559 bits per heavy atom. The van der Waals surface area contributed by atoms with E-state index in [1.807, 2.05) is 12.1 Å². The highest BCUT2D eigenvalue weighted by molar-refractivity contribution is 7.46. The van der Waals surface area contributed by atoms with Gasteiger partial charge in [0.15, 0.2) is 0 Å². The highest BCUT2D eigenvalue weighted by Gasteiger charge is 2.61. The van der Waals surface area contributed by atoms with Gasteiger partial charge in [-0.25, -0.2) is 4.57 Å². The summed E-state index contributed by atoms with van der Waals surface area (Å²) >= 11 is 0. The summed E-state index contributed by atoms with van der Waals surface area (Å²) in [6, 6.07) is 28.6. The Balaban J connectivity index is 1.86. The SMILES string of the molecule is O=P(O)(O)OC(c1ccc(-c2ccccc2)cc1)(c1ccc(-c2ccccc2)cc1)C(F)(F)F. The average molecular weight is 484 g/mol. The predicted octanol–water partition coefficient (Wildman–Crippen LogP) is 6.94. The average Bonchev–Trinajstić information content (AvgIpc) is 2.83. The number of phosphoric acid groups is 1. The molecule has 0 saturated heterocycles. The third-order valence-electron chi connectivity index (χ3n) is 5.45. The van der Waals surface area contributed by atoms with Gasteiger partial charge in [-0.1, -0.05) is 109 Å². The molecule has 4 nitrogen and oxygen atoms in total. The Hall–Kier alpha value is -3.22. The normalized spacial score (nSPS) is 12.5. The molecule has 0 atom stereocenters. The van der Waals surface area contributed by atoms with E-state index in [0.29, 0.717) is 11.1 Å². The molecule has 0 fully saturated rings. The summed E-state index contributed by atoms with van der Waals surface area (Å²) in [6.45, 7) is 0. The van der Waals surface area contributed by atoms with E-state index in [0.717, 1.165) is 11.1 Å². The Kier molecular flexibility index (Phi) is 6.47. The Labute approximate surface area is 194 Å². The molecular weight excluding hydrogens is 464 g/mol. The number of phosphoric ester groups is 1. The van der Waals surface area contributed by atoms with Gasteiger partial charge in [0.1, 0.15) is 0 Å². The number of halogens is 3. The lowest BCUT2D eigenvalue weighted by molar-refractivity contribution is -0.242. The van der Waals surface area contributed by atoms with Crippen molar-refractivity contribution >= 4 is 7.82 Å². The van der Waals surface area contributed by atoms with Crippen molar-refractivity contribution in [1.82, 2.24) is 0 Å². The van der Waals surface area contributed by atoms with E-state index in [1.54, 1.807) is 48.5 Å². The summed E-state index contributed by atoms with van der Waals surface area (Å²) in [5.74, 6) is 0. The summed E-state index contributed by atoms with van der Waals surface area (Å²) < 4.78 is 60.4. The lowest BCUT2D eigenvalue weighted by Gasteiger charge is -2.36. The fourth-order valence-corrected chi connectivity index (χ4v) is 4.56. The monoisotopic (exact) mass is 484 g/mol. The van der Waals surface area contributed by atoms with E-state index in [2.05, 4.69) is 4.52 Å². The van der Waals surface area contributed by atoms with Crippen molar-refractivity contribution in [2.75, 3.05) is 0 Å². The number of hydrogen-bond donors (Lipinski definition) is 2. The third-order valence-corrected chi connectivity index (χ3v) is 5.96. The van der Waals surface area contributed by atoms with Gasteiger partial charge in [0.05, 0.1) is 0 Å². The van der Waals surface area contributed by atoms with Gasteiger partial charge in [0, 0.05) is 0 Å². The van der Waals surface area contributed by atoms with Crippen molar-refractivity contribution in [3.05, 3.63) is 120 Å². The van der Waals surface area contributed by atoms with E-state index < -0.39 is 30.7 Å². The van der Waals surface area contributed by atoms with Gasteiger partial charge in [-0.2, -0.15) is 13.2 Å². The van der Waals surface area contributed by atoms with Crippen molar-refractivity contribution in [1.29, 1.82) is 0 Å². The molecule has 0 aliphatic heterocycles. The third kappa shape index (κ3) is 4.83. The van der Waals surface area contributed by atoms with Crippen molar-refractivity contribution in [3.63, 3.8) is 0 Å². The standard InChI is InChI=1S/C26H20F3O4P/c27-26(28,29)25(33-34(30,31)32,23-15-11-21(12-16-23)19-7-3-1-4-8-19)24-17-13-22(14-18-24)20-9-5-2-6-10-20/h1-18H,(H2,30,31,32). The van der Waals surface area contributed by atoms with Crippen molar-refractivity contribution in [2.45, 2.75) is 11.8 Å². The minimum absolute atomic E-state index is 0.449. The van der Waals surface area contributed by atoms with Crippen LogP contribution in [0.15, 0.2) is 109 Å². The smallest absolute Gasteiger partial charge is 0.303 e. The molecule has 2 N–H and O–H groups in total. The van der Waals surface area contributed by atoms with Gasteiger partial charge in [-0.05, 0) is 33.4 Å². The molecule has 34 heavy (non-hydrogen) atoms. The van der Waals surface area contributed by atoms with Gasteiger partial charge in [0.25, 0.3) is 0 Å². The van der Waals surface area contributed by atoms with Gasteiger partial charge in [0.2, 0.25) is 5.60 Å². The van der Waals surface area contributed by atoms with Gasteiger partial charge in [-0.3, -0.25) is 4.52 Å². The first-order chi connectivity index (χ1) is 16.1. The van der Waals surface area contributed by atoms with Crippen LogP contribution < -0.4 is 0 Å². The van der Waals surface area contributed by atoms with Crippen molar-refractivity contribution in [3.8, 4) is 22.3 Å². The van der Waals surface area contributed by atoms with Gasteiger partial charge >= 0.3 is 14.0 Å². The molecule has 0 unspecified atom stereocenters. The van der Waals surface area contributed by atoms with E-state index in [1.165, 1.54) is 48.5 Å². The van der Waals surface area contributed by atoms with Crippen LogP contribution in [-0.2, 0) is 14.7 Å². The van der Waals surface area contributed by atoms with Crippen LogP contribution in [0.25, 0.3) is 22.3 Å². The number of rotatable bonds is 6. The summed E-state index contributed by atoms with van der Waals surface area (Å²) in [5.41, 5.74) is -1.40. The molecule has 0 aliphatic rings. The Morgan fingerprint density at radius 2 is 0.882 bits per heavy atom. The zero-order valence-electron chi connectivity index (χ0n) is 17.7. The first kappa shape index (κ1) is 23.9. The number of hydrogen-bond acceptors (Lipinski definition) is 2. The molecule has 0 aliphatic carbocycles. The second-order valence-corrected chi connectivity index (χ2v) is 8.81. The largest absolute Gasteiger partial charge is 0.471 e. The molecule has 8 heteroatoms. The maximum absolute atomic E-state index is 14.7. The molecule has 0 radical (unpaired) electrons. The molecule has 0 saturated carbocycles. The highest BCUT2D eigenvalue weighted by Crippen LogP contribution is 2.56. The summed E-state index contributed by atoms with van der Waals surface area (Å²) in [4.78, 5) is 19.0. The predicted molar refractivity (Wildman–Crippen MR) is 124 cm³/mol. The number of alkyl halides is 3. The van der Waals surface area contributed by atoms with E-state index in [9.17, 15) is 27.5 Å². The van der Waals surface area contributed by atoms with Crippen LogP contribution in [0.3, 0.4) is 0 Å². The minimum Gasteiger partial charge on any atom is -0.303 e.